The molecule has 0 saturated heterocycles. The van der Waals surface area contributed by atoms with Gasteiger partial charge < -0.3 is 10.3 Å². The maximum atomic E-state index is 12.3. The summed E-state index contributed by atoms with van der Waals surface area (Å²) in [6.45, 7) is 8.51. The Hall–Kier alpha value is -2.06. The van der Waals surface area contributed by atoms with Crippen molar-refractivity contribution in [1.29, 1.82) is 0 Å². The molecular weight excluding hydrogens is 326 g/mol. The van der Waals surface area contributed by atoms with Gasteiger partial charge in [0.05, 0.1) is 12.1 Å². The number of hydrogen-bond acceptors (Lipinski definition) is 6. The Kier molecular flexibility index (Phi) is 4.77. The van der Waals surface area contributed by atoms with Gasteiger partial charge in [-0.25, -0.2) is 9.97 Å². The Morgan fingerprint density at radius 3 is 2.88 bits per heavy atom. The average molecular weight is 347 g/mol. The smallest absolute Gasteiger partial charge is 0.254 e. The molecule has 1 aliphatic heterocycles. The number of aromatic nitrogens is 3. The molecule has 0 aromatic carbocycles. The average Bonchev–Trinajstić information content (AvgIpc) is 2.91. The number of nitrogens with zero attached hydrogens (tertiary/aromatic N) is 3. The summed E-state index contributed by atoms with van der Waals surface area (Å²) in [4.78, 5) is 39.2. The molecule has 0 unspecified atom stereocenters. The number of fused-ring (bicyclic) bond motifs is 1. The summed E-state index contributed by atoms with van der Waals surface area (Å²) in [5.41, 5.74) is 1.80. The first-order valence-corrected chi connectivity index (χ1v) is 8.85. The van der Waals surface area contributed by atoms with Crippen molar-refractivity contribution in [3.63, 3.8) is 0 Å². The Labute approximate surface area is 144 Å². The minimum absolute atomic E-state index is 0.000220. The van der Waals surface area contributed by atoms with Crippen LogP contribution in [0, 0.1) is 13.8 Å². The first-order valence-electron chi connectivity index (χ1n) is 8.03. The zero-order valence-corrected chi connectivity index (χ0v) is 14.9. The molecule has 2 aromatic rings. The highest BCUT2D eigenvalue weighted by atomic mass is 32.1. The van der Waals surface area contributed by atoms with Crippen molar-refractivity contribution in [3.8, 4) is 0 Å². The molecule has 0 spiro atoms. The van der Waals surface area contributed by atoms with E-state index in [1.165, 1.54) is 16.2 Å². The normalized spacial score (nSPS) is 14.5. The summed E-state index contributed by atoms with van der Waals surface area (Å²) < 4.78 is 0. The van der Waals surface area contributed by atoms with Crippen LogP contribution in [-0.2, 0) is 24.2 Å². The Balaban J connectivity index is 1.70. The highest BCUT2D eigenvalue weighted by molar-refractivity contribution is 7.15. The van der Waals surface area contributed by atoms with E-state index in [0.29, 0.717) is 22.2 Å². The Morgan fingerprint density at radius 1 is 1.38 bits per heavy atom. The van der Waals surface area contributed by atoms with Crippen molar-refractivity contribution >= 4 is 22.4 Å². The van der Waals surface area contributed by atoms with Crippen LogP contribution in [0.1, 0.15) is 34.6 Å². The summed E-state index contributed by atoms with van der Waals surface area (Å²) in [5, 5.41) is 3.43. The fourth-order valence-electron chi connectivity index (χ4n) is 2.86. The Morgan fingerprint density at radius 2 is 2.17 bits per heavy atom. The van der Waals surface area contributed by atoms with E-state index in [1.807, 2.05) is 0 Å². The molecule has 0 aliphatic carbocycles. The molecule has 24 heavy (non-hydrogen) atoms. The number of rotatable bonds is 4. The number of carbonyl (C=O) groups is 1. The van der Waals surface area contributed by atoms with E-state index in [2.05, 4.69) is 32.1 Å². The molecule has 0 fully saturated rings. The topological polar surface area (TPSA) is 91.0 Å². The third-order valence-electron chi connectivity index (χ3n) is 4.18. The van der Waals surface area contributed by atoms with Gasteiger partial charge in [0.1, 0.15) is 5.82 Å². The lowest BCUT2D eigenvalue weighted by molar-refractivity contribution is -0.115. The maximum absolute atomic E-state index is 12.3. The number of aromatic amines is 1. The Bertz CT molecular complexity index is 826. The first kappa shape index (κ1) is 16.8. The third kappa shape index (κ3) is 3.54. The van der Waals surface area contributed by atoms with Crippen molar-refractivity contribution in [3.05, 3.63) is 38.0 Å². The summed E-state index contributed by atoms with van der Waals surface area (Å²) in [5.74, 6) is 0.308. The number of aryl methyl sites for hydroxylation is 2. The summed E-state index contributed by atoms with van der Waals surface area (Å²) in [6.07, 6.45) is 0.913. The molecule has 128 valence electrons. The van der Waals surface area contributed by atoms with Crippen LogP contribution >= 0.6 is 11.3 Å². The van der Waals surface area contributed by atoms with Crippen molar-refractivity contribution in [2.75, 3.05) is 18.4 Å². The molecule has 3 heterocycles. The summed E-state index contributed by atoms with van der Waals surface area (Å²) in [6, 6.07) is 0. The fraction of sp³-hybridized carbons (Fsp3) is 0.500. The van der Waals surface area contributed by atoms with Gasteiger partial charge in [-0.1, -0.05) is 6.92 Å². The van der Waals surface area contributed by atoms with E-state index in [-0.39, 0.29) is 17.9 Å². The highest BCUT2D eigenvalue weighted by Crippen LogP contribution is 2.28. The lowest BCUT2D eigenvalue weighted by Crippen LogP contribution is -2.29. The fourth-order valence-corrected chi connectivity index (χ4v) is 3.92. The quantitative estimate of drug-likeness (QED) is 0.872. The number of likely N-dealkylation sites (N-methyl/N-ethyl adjacent to an activating group) is 1. The number of thiazole rings is 1. The molecule has 0 radical (unpaired) electrons. The molecular formula is C16H21N5O2S. The zero-order valence-electron chi connectivity index (χ0n) is 14.1. The van der Waals surface area contributed by atoms with Crippen LogP contribution in [0.2, 0.25) is 0 Å². The number of carbonyl (C=O) groups excluding carboxylic acids is 1. The van der Waals surface area contributed by atoms with E-state index < -0.39 is 0 Å². The van der Waals surface area contributed by atoms with Gasteiger partial charge in [0, 0.05) is 35.6 Å². The molecule has 0 bridgehead atoms. The second-order valence-electron chi connectivity index (χ2n) is 5.95. The van der Waals surface area contributed by atoms with Gasteiger partial charge >= 0.3 is 0 Å². The highest BCUT2D eigenvalue weighted by Gasteiger charge is 2.21. The molecule has 2 N–H and O–H groups in total. The van der Waals surface area contributed by atoms with Crippen molar-refractivity contribution in [2.24, 2.45) is 0 Å². The number of nitrogens with one attached hydrogen (secondary N) is 2. The van der Waals surface area contributed by atoms with Crippen LogP contribution in [0.3, 0.4) is 0 Å². The molecule has 0 saturated carbocycles. The van der Waals surface area contributed by atoms with Crippen LogP contribution in [-0.4, -0.2) is 38.8 Å². The van der Waals surface area contributed by atoms with E-state index in [9.17, 15) is 9.59 Å². The lowest BCUT2D eigenvalue weighted by atomic mass is 10.1. The largest absolute Gasteiger partial charge is 0.311 e. The van der Waals surface area contributed by atoms with Crippen molar-refractivity contribution < 1.29 is 4.79 Å². The number of anilines is 1. The van der Waals surface area contributed by atoms with Gasteiger partial charge in [-0.3, -0.25) is 14.5 Å². The second kappa shape index (κ2) is 6.82. The van der Waals surface area contributed by atoms with Crippen molar-refractivity contribution in [2.45, 2.75) is 40.2 Å². The number of H-pyrrole nitrogens is 1. The van der Waals surface area contributed by atoms with Crippen LogP contribution in [0.15, 0.2) is 4.79 Å². The van der Waals surface area contributed by atoms with Gasteiger partial charge in [-0.05, 0) is 20.4 Å². The third-order valence-corrected chi connectivity index (χ3v) is 5.18. The molecule has 0 atom stereocenters. The lowest BCUT2D eigenvalue weighted by Gasteiger charge is -2.23. The minimum atomic E-state index is -0.257. The summed E-state index contributed by atoms with van der Waals surface area (Å²) in [7, 11) is 0. The maximum Gasteiger partial charge on any atom is 0.254 e. The summed E-state index contributed by atoms with van der Waals surface area (Å²) >= 11 is 1.52. The van der Waals surface area contributed by atoms with Crippen LogP contribution in [0.4, 0.5) is 5.13 Å². The minimum Gasteiger partial charge on any atom is -0.311 e. The number of hydrogen-bond donors (Lipinski definition) is 2. The SMILES string of the molecule is CCN1CCc2nc(NC(=O)Cc3c(C)nc(C)[nH]c3=O)sc2C1. The monoisotopic (exact) mass is 347 g/mol. The van der Waals surface area contributed by atoms with Gasteiger partial charge in [-0.2, -0.15) is 0 Å². The molecule has 2 aromatic heterocycles. The molecule has 1 amide bonds. The number of amides is 1. The van der Waals surface area contributed by atoms with Crippen LogP contribution in [0.5, 0.6) is 0 Å². The van der Waals surface area contributed by atoms with Crippen molar-refractivity contribution in [1.82, 2.24) is 19.9 Å². The van der Waals surface area contributed by atoms with E-state index in [1.54, 1.807) is 13.8 Å². The van der Waals surface area contributed by atoms with E-state index in [4.69, 9.17) is 0 Å². The van der Waals surface area contributed by atoms with E-state index >= 15 is 0 Å². The predicted octanol–water partition coefficient (Wildman–Crippen LogP) is 1.40. The second-order valence-corrected chi connectivity index (χ2v) is 7.03. The molecule has 8 heteroatoms. The molecule has 1 aliphatic rings. The van der Waals surface area contributed by atoms with Crippen LogP contribution < -0.4 is 10.9 Å². The van der Waals surface area contributed by atoms with Gasteiger partial charge in [0.15, 0.2) is 5.13 Å². The zero-order chi connectivity index (χ0) is 17.3. The van der Waals surface area contributed by atoms with Gasteiger partial charge in [0.2, 0.25) is 5.91 Å². The molecule has 7 nitrogen and oxygen atoms in total. The predicted molar refractivity (Wildman–Crippen MR) is 93.4 cm³/mol. The molecule has 3 rings (SSSR count). The van der Waals surface area contributed by atoms with Gasteiger partial charge in [-0.15, -0.1) is 11.3 Å². The standard InChI is InChI=1S/C16H21N5O2S/c1-4-21-6-5-12-13(8-21)24-16(19-12)20-14(22)7-11-9(2)17-10(3)18-15(11)23/h4-8H2,1-3H3,(H,17,18,23)(H,19,20,22). The van der Waals surface area contributed by atoms with E-state index in [0.717, 1.165) is 31.7 Å². The van der Waals surface area contributed by atoms with Crippen LogP contribution in [0.25, 0.3) is 0 Å². The first-order chi connectivity index (χ1) is 11.5. The van der Waals surface area contributed by atoms with Gasteiger partial charge in [0.25, 0.3) is 5.56 Å².